The molecule has 4 aromatic rings. The summed E-state index contributed by atoms with van der Waals surface area (Å²) in [5, 5.41) is 0. The summed E-state index contributed by atoms with van der Waals surface area (Å²) >= 11 is 3.72. The Kier molecular flexibility index (Phi) is 4.73. The van der Waals surface area contributed by atoms with E-state index in [-0.39, 0.29) is 0 Å². The van der Waals surface area contributed by atoms with Gasteiger partial charge in [-0.3, -0.25) is 0 Å². The molecule has 0 saturated heterocycles. The van der Waals surface area contributed by atoms with Crippen LogP contribution >= 0.6 is 23.1 Å². The van der Waals surface area contributed by atoms with Gasteiger partial charge in [0.15, 0.2) is 0 Å². The SMILES string of the molecule is Cc1ccc(Sc2sc(-c3ccccc3)cc2-c2ccccc2)cc1. The van der Waals surface area contributed by atoms with E-state index in [0.717, 1.165) is 0 Å². The summed E-state index contributed by atoms with van der Waals surface area (Å²) in [6.45, 7) is 2.13. The van der Waals surface area contributed by atoms with Crippen LogP contribution in [0.5, 0.6) is 0 Å². The second-order valence-electron chi connectivity index (χ2n) is 5.96. The Labute approximate surface area is 157 Å². The van der Waals surface area contributed by atoms with E-state index < -0.39 is 0 Å². The number of benzene rings is 3. The molecule has 0 aliphatic carbocycles. The van der Waals surface area contributed by atoms with E-state index >= 15 is 0 Å². The van der Waals surface area contributed by atoms with Crippen LogP contribution in [0, 0.1) is 6.92 Å². The van der Waals surface area contributed by atoms with E-state index in [1.165, 1.54) is 36.2 Å². The van der Waals surface area contributed by atoms with Gasteiger partial charge in [-0.2, -0.15) is 0 Å². The lowest BCUT2D eigenvalue weighted by atomic mass is 10.1. The first-order chi connectivity index (χ1) is 12.3. The Morgan fingerprint density at radius 1 is 0.680 bits per heavy atom. The first-order valence-corrected chi connectivity index (χ1v) is 9.92. The zero-order valence-electron chi connectivity index (χ0n) is 14.0. The van der Waals surface area contributed by atoms with E-state index in [1.54, 1.807) is 0 Å². The van der Waals surface area contributed by atoms with Gasteiger partial charge < -0.3 is 0 Å². The molecule has 1 aromatic heterocycles. The number of hydrogen-bond acceptors (Lipinski definition) is 2. The Morgan fingerprint density at radius 3 is 1.92 bits per heavy atom. The van der Waals surface area contributed by atoms with E-state index in [1.807, 2.05) is 23.1 Å². The molecule has 0 aliphatic rings. The zero-order valence-corrected chi connectivity index (χ0v) is 15.6. The molecule has 0 fully saturated rings. The maximum Gasteiger partial charge on any atom is 0.0731 e. The molecular weight excluding hydrogens is 340 g/mol. The summed E-state index contributed by atoms with van der Waals surface area (Å²) in [6.07, 6.45) is 0. The van der Waals surface area contributed by atoms with Crippen LogP contribution in [0.25, 0.3) is 21.6 Å². The standard InChI is InChI=1S/C23H18S2/c1-17-12-14-20(15-13-17)24-23-21(18-8-4-2-5-9-18)16-22(25-23)19-10-6-3-7-11-19/h2-16H,1H3. The van der Waals surface area contributed by atoms with Crippen LogP contribution in [0.3, 0.4) is 0 Å². The number of thiophene rings is 1. The van der Waals surface area contributed by atoms with Crippen molar-refractivity contribution in [2.45, 2.75) is 16.0 Å². The molecule has 25 heavy (non-hydrogen) atoms. The normalized spacial score (nSPS) is 10.8. The third kappa shape index (κ3) is 3.71. The summed E-state index contributed by atoms with van der Waals surface area (Å²) in [4.78, 5) is 2.60. The minimum atomic E-state index is 1.27. The summed E-state index contributed by atoms with van der Waals surface area (Å²) in [5.74, 6) is 0. The molecule has 122 valence electrons. The maximum atomic E-state index is 2.33. The van der Waals surface area contributed by atoms with Crippen molar-refractivity contribution in [3.05, 3.63) is 96.6 Å². The summed E-state index contributed by atoms with van der Waals surface area (Å²) in [7, 11) is 0. The molecule has 0 aliphatic heterocycles. The van der Waals surface area contributed by atoms with Crippen LogP contribution in [-0.4, -0.2) is 0 Å². The molecule has 3 aromatic carbocycles. The lowest BCUT2D eigenvalue weighted by Gasteiger charge is -2.04. The van der Waals surface area contributed by atoms with Gasteiger partial charge >= 0.3 is 0 Å². The van der Waals surface area contributed by atoms with Crippen molar-refractivity contribution in [3.8, 4) is 21.6 Å². The quantitative estimate of drug-likeness (QED) is 0.363. The predicted molar refractivity (Wildman–Crippen MR) is 110 cm³/mol. The molecule has 0 N–H and O–H groups in total. The first kappa shape index (κ1) is 16.2. The highest BCUT2D eigenvalue weighted by atomic mass is 32.2. The lowest BCUT2D eigenvalue weighted by Crippen LogP contribution is -1.77. The van der Waals surface area contributed by atoms with Crippen LogP contribution in [0.4, 0.5) is 0 Å². The van der Waals surface area contributed by atoms with Crippen molar-refractivity contribution in [1.29, 1.82) is 0 Å². The molecule has 2 heteroatoms. The molecule has 1 heterocycles. The monoisotopic (exact) mass is 358 g/mol. The summed E-state index contributed by atoms with van der Waals surface area (Å²) < 4.78 is 1.34. The Morgan fingerprint density at radius 2 is 1.28 bits per heavy atom. The van der Waals surface area contributed by atoms with Crippen LogP contribution in [0.15, 0.2) is 100 Å². The highest BCUT2D eigenvalue weighted by Gasteiger charge is 2.13. The van der Waals surface area contributed by atoms with Gasteiger partial charge in [-0.1, -0.05) is 90.1 Å². The fourth-order valence-electron chi connectivity index (χ4n) is 2.73. The van der Waals surface area contributed by atoms with Gasteiger partial charge in [-0.05, 0) is 36.2 Å². The zero-order chi connectivity index (χ0) is 17.1. The summed E-state index contributed by atoms with van der Waals surface area (Å²) in [5.41, 5.74) is 5.16. The van der Waals surface area contributed by atoms with E-state index in [4.69, 9.17) is 0 Å². The molecule has 0 bridgehead atoms. The predicted octanol–water partition coefficient (Wildman–Crippen LogP) is 7.54. The molecule has 0 saturated carbocycles. The topological polar surface area (TPSA) is 0 Å². The van der Waals surface area contributed by atoms with Gasteiger partial charge in [0.25, 0.3) is 0 Å². The van der Waals surface area contributed by atoms with Crippen LogP contribution in [0.1, 0.15) is 5.56 Å². The van der Waals surface area contributed by atoms with Crippen molar-refractivity contribution in [2.75, 3.05) is 0 Å². The molecule has 0 spiro atoms. The fraction of sp³-hybridized carbons (Fsp3) is 0.0435. The summed E-state index contributed by atoms with van der Waals surface area (Å²) in [6, 6.07) is 32.4. The third-order valence-electron chi connectivity index (χ3n) is 4.07. The molecule has 0 nitrogen and oxygen atoms in total. The van der Waals surface area contributed by atoms with Crippen molar-refractivity contribution >= 4 is 23.1 Å². The smallest absolute Gasteiger partial charge is 0.0731 e. The molecule has 0 atom stereocenters. The van der Waals surface area contributed by atoms with Gasteiger partial charge in [-0.25, -0.2) is 0 Å². The fourth-order valence-corrected chi connectivity index (χ4v) is 5.14. The molecule has 0 radical (unpaired) electrons. The minimum Gasteiger partial charge on any atom is -0.128 e. The van der Waals surface area contributed by atoms with E-state index in [0.29, 0.717) is 0 Å². The molecule has 0 amide bonds. The van der Waals surface area contributed by atoms with Gasteiger partial charge in [0.1, 0.15) is 0 Å². The van der Waals surface area contributed by atoms with Crippen molar-refractivity contribution in [2.24, 2.45) is 0 Å². The number of aryl methyl sites for hydroxylation is 1. The van der Waals surface area contributed by atoms with Gasteiger partial charge in [-0.15, -0.1) is 11.3 Å². The Bertz CT molecular complexity index is 952. The van der Waals surface area contributed by atoms with Gasteiger partial charge in [0.05, 0.1) is 4.21 Å². The van der Waals surface area contributed by atoms with Crippen LogP contribution in [-0.2, 0) is 0 Å². The number of hydrogen-bond donors (Lipinski definition) is 0. The molecular formula is C23H18S2. The second-order valence-corrected chi connectivity index (χ2v) is 8.35. The van der Waals surface area contributed by atoms with Crippen molar-refractivity contribution in [3.63, 3.8) is 0 Å². The maximum absolute atomic E-state index is 2.33. The van der Waals surface area contributed by atoms with E-state index in [2.05, 4.69) is 97.9 Å². The number of rotatable bonds is 4. The Hall–Kier alpha value is -2.29. The highest BCUT2D eigenvalue weighted by Crippen LogP contribution is 2.45. The second kappa shape index (κ2) is 7.30. The van der Waals surface area contributed by atoms with Gasteiger partial charge in [0.2, 0.25) is 0 Å². The minimum absolute atomic E-state index is 1.27. The average molecular weight is 359 g/mol. The Balaban J connectivity index is 1.78. The first-order valence-electron chi connectivity index (χ1n) is 8.29. The lowest BCUT2D eigenvalue weighted by molar-refractivity contribution is 1.38. The largest absolute Gasteiger partial charge is 0.128 e. The van der Waals surface area contributed by atoms with Crippen molar-refractivity contribution in [1.82, 2.24) is 0 Å². The highest BCUT2D eigenvalue weighted by molar-refractivity contribution is 8.01. The molecule has 4 rings (SSSR count). The third-order valence-corrected chi connectivity index (χ3v) is 6.46. The van der Waals surface area contributed by atoms with Gasteiger partial charge in [0, 0.05) is 15.3 Å². The van der Waals surface area contributed by atoms with Crippen LogP contribution < -0.4 is 0 Å². The molecule has 0 unspecified atom stereocenters. The van der Waals surface area contributed by atoms with Crippen molar-refractivity contribution < 1.29 is 0 Å². The van der Waals surface area contributed by atoms with E-state index in [9.17, 15) is 0 Å². The average Bonchev–Trinajstić information content (AvgIpc) is 3.09. The van der Waals surface area contributed by atoms with Crippen LogP contribution in [0.2, 0.25) is 0 Å².